The van der Waals surface area contributed by atoms with Gasteiger partial charge in [0.05, 0.1) is 19.8 Å². The molecule has 1 saturated heterocycles. The Morgan fingerprint density at radius 3 is 1.50 bits per heavy atom. The zero-order valence-electron chi connectivity index (χ0n) is 35.0. The molecule has 4 N–H and O–H groups in total. The van der Waals surface area contributed by atoms with Gasteiger partial charge >= 0.3 is 5.97 Å². The predicted molar refractivity (Wildman–Crippen MR) is 219 cm³/mol. The molecule has 1 heterocycles. The maximum Gasteiger partial charge on any atom is 0.306 e. The molecule has 9 nitrogen and oxygen atoms in total. The van der Waals surface area contributed by atoms with E-state index in [2.05, 4.69) is 26.0 Å². The van der Waals surface area contributed by atoms with Crippen LogP contribution in [0.25, 0.3) is 0 Å². The van der Waals surface area contributed by atoms with Crippen molar-refractivity contribution < 1.29 is 44.2 Å². The lowest BCUT2D eigenvalue weighted by Gasteiger charge is -2.39. The molecule has 0 aliphatic carbocycles. The Labute approximate surface area is 331 Å². The highest BCUT2D eigenvalue weighted by Crippen LogP contribution is 2.23. The summed E-state index contributed by atoms with van der Waals surface area (Å²) < 4.78 is 22.8. The van der Waals surface area contributed by atoms with Gasteiger partial charge in [-0.1, -0.05) is 174 Å². The van der Waals surface area contributed by atoms with Gasteiger partial charge in [-0.15, -0.1) is 0 Å². The summed E-state index contributed by atoms with van der Waals surface area (Å²) in [5, 5.41) is 40.1. The topological polar surface area (TPSA) is 135 Å². The average molecular weight is 771 g/mol. The van der Waals surface area contributed by atoms with E-state index < -0.39 is 43.4 Å². The van der Waals surface area contributed by atoms with Gasteiger partial charge in [-0.3, -0.25) is 4.79 Å². The fraction of sp³-hybridized carbons (Fsp3) is 0.933. The number of carbonyl (C=O) groups excluding carboxylic acids is 1. The Morgan fingerprint density at radius 2 is 1.02 bits per heavy atom. The Hall–Kier alpha value is -1.07. The second kappa shape index (κ2) is 37.5. The maximum absolute atomic E-state index is 12.8. The predicted octanol–water partition coefficient (Wildman–Crippen LogP) is 10.0. The molecule has 0 saturated carbocycles. The lowest BCUT2D eigenvalue weighted by atomic mass is 9.99. The molecule has 0 aromatic carbocycles. The van der Waals surface area contributed by atoms with E-state index in [0.717, 1.165) is 32.1 Å². The van der Waals surface area contributed by atoms with E-state index in [1.165, 1.54) is 154 Å². The third-order valence-electron chi connectivity index (χ3n) is 10.7. The van der Waals surface area contributed by atoms with Crippen molar-refractivity contribution in [1.82, 2.24) is 0 Å². The van der Waals surface area contributed by atoms with Crippen molar-refractivity contribution in [1.29, 1.82) is 0 Å². The summed E-state index contributed by atoms with van der Waals surface area (Å²) in [4.78, 5) is 12.8. The number of hydrogen-bond donors (Lipinski definition) is 4. The molecule has 54 heavy (non-hydrogen) atoms. The molecule has 6 unspecified atom stereocenters. The number of allylic oxidation sites excluding steroid dienone is 2. The van der Waals surface area contributed by atoms with E-state index in [0.29, 0.717) is 13.0 Å². The molecule has 0 aromatic rings. The molecule has 0 bridgehead atoms. The van der Waals surface area contributed by atoms with Crippen LogP contribution in [-0.4, -0.2) is 89.6 Å². The number of esters is 1. The van der Waals surface area contributed by atoms with E-state index in [1.54, 1.807) is 0 Å². The molecule has 1 rings (SSSR count). The second-order valence-corrected chi connectivity index (χ2v) is 15.9. The molecule has 1 fully saturated rings. The van der Waals surface area contributed by atoms with Gasteiger partial charge in [-0.2, -0.15) is 0 Å². The minimum absolute atomic E-state index is 0.110. The fourth-order valence-corrected chi connectivity index (χ4v) is 7.08. The minimum atomic E-state index is -1.53. The largest absolute Gasteiger partial charge is 0.457 e. The first-order valence-corrected chi connectivity index (χ1v) is 22.8. The molecule has 1 aliphatic rings. The highest BCUT2D eigenvalue weighted by atomic mass is 16.7. The Morgan fingerprint density at radius 1 is 0.574 bits per heavy atom. The van der Waals surface area contributed by atoms with E-state index in [1.807, 2.05) is 0 Å². The van der Waals surface area contributed by atoms with E-state index in [9.17, 15) is 25.2 Å². The summed E-state index contributed by atoms with van der Waals surface area (Å²) in [5.41, 5.74) is 0. The van der Waals surface area contributed by atoms with Crippen LogP contribution in [-0.2, 0) is 23.7 Å². The molecule has 0 amide bonds. The number of hydrogen-bond acceptors (Lipinski definition) is 9. The van der Waals surface area contributed by atoms with Crippen LogP contribution in [0, 0.1) is 0 Å². The molecule has 1 aliphatic heterocycles. The molecular weight excluding hydrogens is 684 g/mol. The zero-order valence-corrected chi connectivity index (χ0v) is 35.0. The van der Waals surface area contributed by atoms with Gasteiger partial charge in [-0.25, -0.2) is 0 Å². The molecule has 320 valence electrons. The Kier molecular flexibility index (Phi) is 35.4. The normalized spacial score (nSPS) is 20.9. The minimum Gasteiger partial charge on any atom is -0.457 e. The quantitative estimate of drug-likeness (QED) is 0.0274. The zero-order chi connectivity index (χ0) is 39.3. The Bertz CT molecular complexity index is 838. The third-order valence-corrected chi connectivity index (χ3v) is 10.7. The number of rotatable bonds is 39. The van der Waals surface area contributed by atoms with Crippen molar-refractivity contribution in [2.45, 2.75) is 243 Å². The summed E-state index contributed by atoms with van der Waals surface area (Å²) in [6.07, 6.45) is 33.7. The highest BCUT2D eigenvalue weighted by molar-refractivity contribution is 5.69. The van der Waals surface area contributed by atoms with Crippen LogP contribution in [0.5, 0.6) is 0 Å². The van der Waals surface area contributed by atoms with E-state index >= 15 is 0 Å². The van der Waals surface area contributed by atoms with Gasteiger partial charge in [-0.05, 0) is 38.5 Å². The van der Waals surface area contributed by atoms with Gasteiger partial charge in [0.2, 0.25) is 0 Å². The van der Waals surface area contributed by atoms with Crippen molar-refractivity contribution >= 4 is 5.97 Å². The van der Waals surface area contributed by atoms with Crippen molar-refractivity contribution in [2.24, 2.45) is 0 Å². The van der Waals surface area contributed by atoms with Crippen molar-refractivity contribution in [3.63, 3.8) is 0 Å². The van der Waals surface area contributed by atoms with Crippen LogP contribution in [0.4, 0.5) is 0 Å². The summed E-state index contributed by atoms with van der Waals surface area (Å²) >= 11 is 0. The second-order valence-electron chi connectivity index (χ2n) is 15.9. The van der Waals surface area contributed by atoms with Crippen LogP contribution in [0.15, 0.2) is 12.2 Å². The van der Waals surface area contributed by atoms with Gasteiger partial charge in [0.15, 0.2) is 6.29 Å². The first-order chi connectivity index (χ1) is 26.4. The number of aliphatic hydroxyl groups is 4. The maximum atomic E-state index is 12.8. The average Bonchev–Trinajstić information content (AvgIpc) is 3.17. The number of ether oxygens (including phenoxy) is 4. The van der Waals surface area contributed by atoms with E-state index in [-0.39, 0.29) is 19.2 Å². The van der Waals surface area contributed by atoms with Crippen LogP contribution >= 0.6 is 0 Å². The summed E-state index contributed by atoms with van der Waals surface area (Å²) in [5.74, 6) is -0.312. The lowest BCUT2D eigenvalue weighted by molar-refractivity contribution is -0.305. The van der Waals surface area contributed by atoms with Crippen molar-refractivity contribution in [2.75, 3.05) is 26.4 Å². The fourth-order valence-electron chi connectivity index (χ4n) is 7.08. The SMILES string of the molecule is CCCCCCC/C=C\CCCCCCCCOCC(COC1OC(CO)C(O)C(O)C1O)OC(=O)CCCCCCCCCCCCCCCCCC. The summed E-state index contributed by atoms with van der Waals surface area (Å²) in [6.45, 7) is 4.57. The smallest absolute Gasteiger partial charge is 0.306 e. The van der Waals surface area contributed by atoms with Crippen molar-refractivity contribution in [3.8, 4) is 0 Å². The van der Waals surface area contributed by atoms with Crippen LogP contribution in [0.2, 0.25) is 0 Å². The molecule has 0 spiro atoms. The lowest BCUT2D eigenvalue weighted by Crippen LogP contribution is -2.59. The van der Waals surface area contributed by atoms with Crippen LogP contribution in [0.1, 0.15) is 206 Å². The van der Waals surface area contributed by atoms with Crippen LogP contribution < -0.4 is 0 Å². The number of aliphatic hydroxyl groups excluding tert-OH is 4. The molecular formula is C45H86O9. The third kappa shape index (κ3) is 28.3. The Balaban J connectivity index is 2.25. The van der Waals surface area contributed by atoms with Gasteiger partial charge in [0.1, 0.15) is 30.5 Å². The molecule has 0 radical (unpaired) electrons. The number of carbonyl (C=O) groups is 1. The monoisotopic (exact) mass is 771 g/mol. The van der Waals surface area contributed by atoms with Gasteiger partial charge in [0, 0.05) is 13.0 Å². The first kappa shape index (κ1) is 50.9. The molecule has 9 heteroatoms. The first-order valence-electron chi connectivity index (χ1n) is 22.8. The summed E-state index contributed by atoms with van der Waals surface area (Å²) in [6, 6.07) is 0. The highest BCUT2D eigenvalue weighted by Gasteiger charge is 2.44. The van der Waals surface area contributed by atoms with Crippen molar-refractivity contribution in [3.05, 3.63) is 12.2 Å². The molecule has 0 aromatic heterocycles. The molecule has 6 atom stereocenters. The van der Waals surface area contributed by atoms with E-state index in [4.69, 9.17) is 18.9 Å². The van der Waals surface area contributed by atoms with Gasteiger partial charge < -0.3 is 39.4 Å². The standard InChI is InChI=1S/C45H86O9/c1-3-5-7-9-11-13-15-17-19-20-22-24-26-28-30-32-34-41(47)53-39(38-52-45-44(50)43(49)42(48)40(36-46)54-45)37-51-35-33-31-29-27-25-23-21-18-16-14-12-10-8-6-4-2/h16,18,39-40,42-46,48-50H,3-15,17,19-38H2,1-2H3/b18-16-. The number of unbranched alkanes of at least 4 members (excludes halogenated alkanes) is 26. The summed E-state index contributed by atoms with van der Waals surface area (Å²) in [7, 11) is 0. The van der Waals surface area contributed by atoms with Gasteiger partial charge in [0.25, 0.3) is 0 Å². The van der Waals surface area contributed by atoms with Crippen LogP contribution in [0.3, 0.4) is 0 Å².